The first-order valence-electron chi connectivity index (χ1n) is 11.0. The molecule has 0 aliphatic carbocycles. The Bertz CT molecular complexity index is 953. The summed E-state index contributed by atoms with van der Waals surface area (Å²) in [6.45, 7) is 0.966. The first-order chi connectivity index (χ1) is 15.9. The normalized spacial score (nSPS) is 13.0. The highest BCUT2D eigenvalue weighted by Gasteiger charge is 2.19. The van der Waals surface area contributed by atoms with Crippen molar-refractivity contribution >= 4 is 23.2 Å². The number of benzene rings is 2. The van der Waals surface area contributed by atoms with Gasteiger partial charge in [-0.25, -0.2) is 0 Å². The maximum Gasteiger partial charge on any atom is 0.261 e. The van der Waals surface area contributed by atoms with E-state index in [1.807, 2.05) is 64.6 Å². The highest BCUT2D eigenvalue weighted by atomic mass is 32.1. The summed E-state index contributed by atoms with van der Waals surface area (Å²) in [6.07, 6.45) is 0. The number of carbonyl (C=O) groups excluding carboxylic acids is 2. The quantitative estimate of drug-likeness (QED) is 0.479. The summed E-state index contributed by atoms with van der Waals surface area (Å²) in [5.74, 6) is -0.338. The van der Waals surface area contributed by atoms with Gasteiger partial charge in [0.15, 0.2) is 0 Å². The lowest BCUT2D eigenvalue weighted by atomic mass is 10.1. The molecule has 33 heavy (non-hydrogen) atoms. The minimum atomic E-state index is -0.169. The van der Waals surface area contributed by atoms with Gasteiger partial charge in [0.05, 0.1) is 21.8 Å². The zero-order chi connectivity index (χ0) is 23.8. The topological polar surface area (TPSA) is 64.7 Å². The van der Waals surface area contributed by atoms with Crippen LogP contribution in [-0.2, 0) is 0 Å². The van der Waals surface area contributed by atoms with Crippen LogP contribution in [0.15, 0.2) is 72.8 Å². The van der Waals surface area contributed by atoms with Gasteiger partial charge in [-0.3, -0.25) is 9.59 Å². The van der Waals surface area contributed by atoms with Gasteiger partial charge < -0.3 is 20.4 Å². The van der Waals surface area contributed by atoms with Crippen molar-refractivity contribution in [2.75, 3.05) is 41.3 Å². The molecule has 3 aromatic rings. The van der Waals surface area contributed by atoms with E-state index >= 15 is 0 Å². The molecule has 0 saturated heterocycles. The lowest BCUT2D eigenvalue weighted by Crippen LogP contribution is -2.34. The third kappa shape index (κ3) is 6.74. The van der Waals surface area contributed by atoms with E-state index in [1.54, 1.807) is 12.1 Å². The predicted octanol–water partition coefficient (Wildman–Crippen LogP) is 3.81. The van der Waals surface area contributed by atoms with Crippen molar-refractivity contribution in [3.8, 4) is 0 Å². The third-order valence-electron chi connectivity index (χ3n) is 5.58. The van der Waals surface area contributed by atoms with E-state index in [9.17, 15) is 9.59 Å². The molecule has 2 aromatic carbocycles. The second-order valence-corrected chi connectivity index (χ2v) is 9.45. The first-order valence-corrected chi connectivity index (χ1v) is 11.8. The van der Waals surface area contributed by atoms with E-state index in [0.29, 0.717) is 22.8 Å². The molecule has 7 heteroatoms. The Balaban J connectivity index is 1.58. The highest BCUT2D eigenvalue weighted by molar-refractivity contribution is 7.15. The molecule has 2 unspecified atom stereocenters. The van der Waals surface area contributed by atoms with Crippen LogP contribution in [0.1, 0.15) is 42.6 Å². The molecular formula is C26H32N4O2S. The van der Waals surface area contributed by atoms with Crippen LogP contribution in [-0.4, -0.2) is 62.9 Å². The van der Waals surface area contributed by atoms with Crippen LogP contribution in [0.3, 0.4) is 0 Å². The molecule has 2 atom stereocenters. The van der Waals surface area contributed by atoms with Gasteiger partial charge in [0, 0.05) is 13.1 Å². The van der Waals surface area contributed by atoms with Crippen molar-refractivity contribution in [2.45, 2.75) is 12.1 Å². The van der Waals surface area contributed by atoms with Crippen LogP contribution in [0.4, 0.5) is 0 Å². The summed E-state index contributed by atoms with van der Waals surface area (Å²) in [4.78, 5) is 30.7. The van der Waals surface area contributed by atoms with Gasteiger partial charge in [-0.05, 0) is 51.5 Å². The Kier molecular flexibility index (Phi) is 8.77. The summed E-state index contributed by atoms with van der Waals surface area (Å²) in [5.41, 5.74) is 2.28. The molecule has 0 aliphatic heterocycles. The molecule has 0 fully saturated rings. The number of rotatable bonds is 10. The number of carbonyl (C=O) groups is 2. The van der Waals surface area contributed by atoms with Crippen LogP contribution in [0.25, 0.3) is 0 Å². The van der Waals surface area contributed by atoms with Crippen molar-refractivity contribution in [2.24, 2.45) is 0 Å². The van der Waals surface area contributed by atoms with Gasteiger partial charge in [0.25, 0.3) is 11.8 Å². The monoisotopic (exact) mass is 464 g/mol. The molecular weight excluding hydrogens is 432 g/mol. The fourth-order valence-electron chi connectivity index (χ4n) is 3.68. The van der Waals surface area contributed by atoms with Crippen LogP contribution in [0, 0.1) is 0 Å². The van der Waals surface area contributed by atoms with Crippen molar-refractivity contribution in [1.29, 1.82) is 0 Å². The van der Waals surface area contributed by atoms with Gasteiger partial charge in [0.2, 0.25) is 0 Å². The first kappa shape index (κ1) is 24.6. The molecule has 6 nitrogen and oxygen atoms in total. The SMILES string of the molecule is CN(C)C(CNC(=O)c1ccc(C(=O)NCC(c2ccccc2)N(C)C)s1)c1ccccc1. The molecule has 1 aromatic heterocycles. The highest BCUT2D eigenvalue weighted by Crippen LogP contribution is 2.20. The second-order valence-electron chi connectivity index (χ2n) is 8.36. The Morgan fingerprint density at radius 3 is 1.36 bits per heavy atom. The van der Waals surface area contributed by atoms with E-state index in [0.717, 1.165) is 11.1 Å². The van der Waals surface area contributed by atoms with Gasteiger partial charge in [-0.1, -0.05) is 60.7 Å². The summed E-state index contributed by atoms with van der Waals surface area (Å²) < 4.78 is 0. The van der Waals surface area contributed by atoms with Crippen LogP contribution in [0.2, 0.25) is 0 Å². The average Bonchev–Trinajstić information content (AvgIpc) is 3.31. The maximum absolute atomic E-state index is 12.7. The predicted molar refractivity (Wildman–Crippen MR) is 135 cm³/mol. The number of hydrogen-bond acceptors (Lipinski definition) is 5. The fraction of sp³-hybridized carbons (Fsp3) is 0.308. The van der Waals surface area contributed by atoms with Crippen LogP contribution in [0.5, 0.6) is 0 Å². The number of nitrogens with zero attached hydrogens (tertiary/aromatic N) is 2. The molecule has 0 saturated carbocycles. The lowest BCUT2D eigenvalue weighted by Gasteiger charge is -2.25. The Labute approximate surface area is 200 Å². The van der Waals surface area contributed by atoms with Gasteiger partial charge in [-0.2, -0.15) is 0 Å². The van der Waals surface area contributed by atoms with Crippen molar-refractivity contribution < 1.29 is 9.59 Å². The van der Waals surface area contributed by atoms with Gasteiger partial charge >= 0.3 is 0 Å². The van der Waals surface area contributed by atoms with E-state index in [4.69, 9.17) is 0 Å². The fourth-order valence-corrected chi connectivity index (χ4v) is 4.52. The molecule has 1 heterocycles. The summed E-state index contributed by atoms with van der Waals surface area (Å²) >= 11 is 1.21. The maximum atomic E-state index is 12.7. The Morgan fingerprint density at radius 2 is 1.03 bits per heavy atom. The standard InChI is InChI=1S/C26H32N4O2S/c1-29(2)21(19-11-7-5-8-12-19)17-27-25(31)23-15-16-24(33-23)26(32)28-18-22(30(3)4)20-13-9-6-10-14-20/h5-16,21-22H,17-18H2,1-4H3,(H,27,31)(H,28,32). The summed E-state index contributed by atoms with van der Waals surface area (Å²) in [7, 11) is 7.98. The van der Waals surface area contributed by atoms with E-state index < -0.39 is 0 Å². The van der Waals surface area contributed by atoms with Crippen molar-refractivity contribution in [3.63, 3.8) is 0 Å². The molecule has 0 aliphatic rings. The third-order valence-corrected chi connectivity index (χ3v) is 6.66. The zero-order valence-electron chi connectivity index (χ0n) is 19.6. The van der Waals surface area contributed by atoms with Crippen LogP contribution < -0.4 is 10.6 Å². The minimum absolute atomic E-state index is 0.0684. The molecule has 174 valence electrons. The molecule has 0 bridgehead atoms. The smallest absolute Gasteiger partial charge is 0.261 e. The lowest BCUT2D eigenvalue weighted by molar-refractivity contribution is 0.0939. The van der Waals surface area contributed by atoms with E-state index in [2.05, 4.69) is 44.7 Å². The Hall–Kier alpha value is -3.00. The van der Waals surface area contributed by atoms with Crippen molar-refractivity contribution in [1.82, 2.24) is 20.4 Å². The number of likely N-dealkylation sites (N-methyl/N-ethyl adjacent to an activating group) is 2. The minimum Gasteiger partial charge on any atom is -0.349 e. The average molecular weight is 465 g/mol. The largest absolute Gasteiger partial charge is 0.349 e. The summed E-state index contributed by atoms with van der Waals surface area (Å²) in [5, 5.41) is 6.02. The van der Waals surface area contributed by atoms with Crippen LogP contribution >= 0.6 is 11.3 Å². The van der Waals surface area contributed by atoms with E-state index in [1.165, 1.54) is 11.3 Å². The number of hydrogen-bond donors (Lipinski definition) is 2. The van der Waals surface area contributed by atoms with E-state index in [-0.39, 0.29) is 23.9 Å². The second kappa shape index (κ2) is 11.7. The Morgan fingerprint density at radius 1 is 0.667 bits per heavy atom. The molecule has 0 radical (unpaired) electrons. The zero-order valence-corrected chi connectivity index (χ0v) is 20.4. The molecule has 2 N–H and O–H groups in total. The molecule has 3 rings (SSSR count). The molecule has 2 amide bonds. The number of nitrogens with one attached hydrogen (secondary N) is 2. The number of amides is 2. The van der Waals surface area contributed by atoms with Crippen molar-refractivity contribution in [3.05, 3.63) is 93.7 Å². The molecule has 0 spiro atoms. The summed E-state index contributed by atoms with van der Waals surface area (Å²) in [6, 6.07) is 23.7. The van der Waals surface area contributed by atoms with Gasteiger partial charge in [0.1, 0.15) is 0 Å². The van der Waals surface area contributed by atoms with Gasteiger partial charge in [-0.15, -0.1) is 11.3 Å². The number of thiophene rings is 1.